The SMILES string of the molecule is CCCC1(CS(=O)(=O)c2ccccc2)CC1. The summed E-state index contributed by atoms with van der Waals surface area (Å²) in [5, 5.41) is 0. The van der Waals surface area contributed by atoms with E-state index in [2.05, 4.69) is 6.92 Å². The molecule has 2 rings (SSSR count). The highest BCUT2D eigenvalue weighted by atomic mass is 32.2. The second-order valence-corrected chi connectivity index (χ2v) is 6.81. The first-order valence-corrected chi connectivity index (χ1v) is 7.51. The van der Waals surface area contributed by atoms with Crippen LogP contribution < -0.4 is 0 Å². The van der Waals surface area contributed by atoms with Crippen molar-refractivity contribution in [2.24, 2.45) is 5.41 Å². The van der Waals surface area contributed by atoms with E-state index < -0.39 is 9.84 Å². The molecule has 88 valence electrons. The molecule has 0 spiro atoms. The molecule has 0 aromatic heterocycles. The number of rotatable bonds is 5. The molecule has 1 fully saturated rings. The molecule has 1 aromatic carbocycles. The number of benzene rings is 1. The second kappa shape index (κ2) is 4.21. The van der Waals surface area contributed by atoms with E-state index in [1.807, 2.05) is 6.07 Å². The van der Waals surface area contributed by atoms with Gasteiger partial charge in [0.2, 0.25) is 0 Å². The Bertz CT molecular complexity index is 444. The van der Waals surface area contributed by atoms with E-state index >= 15 is 0 Å². The van der Waals surface area contributed by atoms with Crippen molar-refractivity contribution in [1.82, 2.24) is 0 Å². The highest BCUT2D eigenvalue weighted by Crippen LogP contribution is 2.51. The molecule has 2 nitrogen and oxygen atoms in total. The first-order chi connectivity index (χ1) is 7.58. The van der Waals surface area contributed by atoms with E-state index in [1.54, 1.807) is 24.3 Å². The van der Waals surface area contributed by atoms with Gasteiger partial charge in [-0.05, 0) is 36.8 Å². The lowest BCUT2D eigenvalue weighted by Crippen LogP contribution is -2.17. The van der Waals surface area contributed by atoms with Crippen molar-refractivity contribution in [3.05, 3.63) is 30.3 Å². The van der Waals surface area contributed by atoms with Crippen molar-refractivity contribution in [3.63, 3.8) is 0 Å². The third kappa shape index (κ3) is 2.46. The Labute approximate surface area is 97.6 Å². The molecule has 0 atom stereocenters. The van der Waals surface area contributed by atoms with E-state index in [4.69, 9.17) is 0 Å². The molecule has 16 heavy (non-hydrogen) atoms. The Kier molecular flexibility index (Phi) is 3.06. The van der Waals surface area contributed by atoms with Crippen LogP contribution in [0.3, 0.4) is 0 Å². The van der Waals surface area contributed by atoms with Gasteiger partial charge in [-0.2, -0.15) is 0 Å². The van der Waals surface area contributed by atoms with Gasteiger partial charge in [-0.1, -0.05) is 31.5 Å². The Morgan fingerprint density at radius 2 is 1.81 bits per heavy atom. The molecule has 0 unspecified atom stereocenters. The van der Waals surface area contributed by atoms with E-state index in [0.29, 0.717) is 10.6 Å². The molecule has 0 radical (unpaired) electrons. The molecule has 0 bridgehead atoms. The lowest BCUT2D eigenvalue weighted by Gasteiger charge is -2.14. The largest absolute Gasteiger partial charge is 0.224 e. The van der Waals surface area contributed by atoms with Gasteiger partial charge in [0.1, 0.15) is 0 Å². The van der Waals surface area contributed by atoms with Crippen LogP contribution >= 0.6 is 0 Å². The minimum absolute atomic E-state index is 0.101. The van der Waals surface area contributed by atoms with E-state index in [9.17, 15) is 8.42 Å². The van der Waals surface area contributed by atoms with Crippen LogP contribution in [0.4, 0.5) is 0 Å². The summed E-state index contributed by atoms with van der Waals surface area (Å²) in [6.07, 6.45) is 4.27. The molecular formula is C13H18O2S. The maximum Gasteiger partial charge on any atom is 0.178 e. The highest BCUT2D eigenvalue weighted by Gasteiger charge is 2.45. The van der Waals surface area contributed by atoms with Crippen LogP contribution in [0.1, 0.15) is 32.6 Å². The van der Waals surface area contributed by atoms with Crippen LogP contribution in [0.5, 0.6) is 0 Å². The Morgan fingerprint density at radius 1 is 1.19 bits per heavy atom. The quantitative estimate of drug-likeness (QED) is 0.790. The third-order valence-electron chi connectivity index (χ3n) is 3.34. The summed E-state index contributed by atoms with van der Waals surface area (Å²) in [6.45, 7) is 2.12. The van der Waals surface area contributed by atoms with Gasteiger partial charge in [0, 0.05) is 0 Å². The summed E-state index contributed by atoms with van der Waals surface area (Å²) >= 11 is 0. The zero-order valence-electron chi connectivity index (χ0n) is 9.65. The van der Waals surface area contributed by atoms with Crippen LogP contribution in [0.15, 0.2) is 35.2 Å². The standard InChI is InChI=1S/C13H18O2S/c1-2-8-13(9-10-13)11-16(14,15)12-6-4-3-5-7-12/h3-7H,2,8-11H2,1H3. The third-order valence-corrected chi connectivity index (χ3v) is 5.32. The lowest BCUT2D eigenvalue weighted by atomic mass is 10.0. The second-order valence-electron chi connectivity index (χ2n) is 4.82. The van der Waals surface area contributed by atoms with Gasteiger partial charge >= 0.3 is 0 Å². The fourth-order valence-corrected chi connectivity index (χ4v) is 4.27. The first-order valence-electron chi connectivity index (χ1n) is 5.86. The first kappa shape index (κ1) is 11.6. The van der Waals surface area contributed by atoms with Gasteiger partial charge in [0.05, 0.1) is 10.6 Å². The Hall–Kier alpha value is -0.830. The Balaban J connectivity index is 2.16. The van der Waals surface area contributed by atoms with Crippen LogP contribution in [0.2, 0.25) is 0 Å². The van der Waals surface area contributed by atoms with Crippen molar-refractivity contribution in [1.29, 1.82) is 0 Å². The zero-order valence-corrected chi connectivity index (χ0v) is 10.5. The van der Waals surface area contributed by atoms with Crippen molar-refractivity contribution < 1.29 is 8.42 Å². The molecule has 0 N–H and O–H groups in total. The average molecular weight is 238 g/mol. The summed E-state index contributed by atoms with van der Waals surface area (Å²) in [5.41, 5.74) is 0.101. The Morgan fingerprint density at radius 3 is 2.31 bits per heavy atom. The summed E-state index contributed by atoms with van der Waals surface area (Å²) in [7, 11) is -3.08. The predicted molar refractivity (Wildman–Crippen MR) is 65.1 cm³/mol. The molecule has 1 aromatic rings. The van der Waals surface area contributed by atoms with E-state index in [1.165, 1.54) is 0 Å². The molecule has 0 amide bonds. The van der Waals surface area contributed by atoms with E-state index in [0.717, 1.165) is 25.7 Å². The smallest absolute Gasteiger partial charge is 0.178 e. The van der Waals surface area contributed by atoms with Gasteiger partial charge < -0.3 is 0 Å². The molecule has 1 saturated carbocycles. The maximum atomic E-state index is 12.2. The molecular weight excluding hydrogens is 220 g/mol. The fraction of sp³-hybridized carbons (Fsp3) is 0.538. The minimum atomic E-state index is -3.08. The number of hydrogen-bond acceptors (Lipinski definition) is 2. The molecule has 0 heterocycles. The molecule has 3 heteroatoms. The van der Waals surface area contributed by atoms with Crippen molar-refractivity contribution in [2.45, 2.75) is 37.5 Å². The van der Waals surface area contributed by atoms with Crippen LogP contribution in [0.25, 0.3) is 0 Å². The summed E-state index contributed by atoms with van der Waals surface area (Å²) in [6, 6.07) is 8.80. The highest BCUT2D eigenvalue weighted by molar-refractivity contribution is 7.91. The van der Waals surface area contributed by atoms with Gasteiger partial charge in [-0.3, -0.25) is 0 Å². The summed E-state index contributed by atoms with van der Waals surface area (Å²) in [4.78, 5) is 0.470. The van der Waals surface area contributed by atoms with Gasteiger partial charge in [-0.25, -0.2) is 8.42 Å². The zero-order chi connectivity index (χ0) is 11.6. The molecule has 1 aliphatic carbocycles. The van der Waals surface area contributed by atoms with Gasteiger partial charge in [-0.15, -0.1) is 0 Å². The lowest BCUT2D eigenvalue weighted by molar-refractivity contribution is 0.497. The van der Waals surface area contributed by atoms with Crippen molar-refractivity contribution in [3.8, 4) is 0 Å². The maximum absolute atomic E-state index is 12.2. The van der Waals surface area contributed by atoms with E-state index in [-0.39, 0.29) is 5.41 Å². The number of sulfone groups is 1. The average Bonchev–Trinajstić information content (AvgIpc) is 2.99. The summed E-state index contributed by atoms with van der Waals surface area (Å²) in [5.74, 6) is 0.331. The van der Waals surface area contributed by atoms with Gasteiger partial charge in [0.15, 0.2) is 9.84 Å². The van der Waals surface area contributed by atoms with Crippen molar-refractivity contribution in [2.75, 3.05) is 5.75 Å². The normalized spacial score (nSPS) is 18.3. The molecule has 0 aliphatic heterocycles. The van der Waals surface area contributed by atoms with Crippen molar-refractivity contribution >= 4 is 9.84 Å². The molecule has 0 saturated heterocycles. The van der Waals surface area contributed by atoms with Gasteiger partial charge in [0.25, 0.3) is 0 Å². The number of hydrogen-bond donors (Lipinski definition) is 0. The van der Waals surface area contributed by atoms with Crippen LogP contribution in [-0.4, -0.2) is 14.2 Å². The topological polar surface area (TPSA) is 34.1 Å². The fourth-order valence-electron chi connectivity index (χ4n) is 2.29. The monoisotopic (exact) mass is 238 g/mol. The summed E-state index contributed by atoms with van der Waals surface area (Å²) < 4.78 is 24.3. The van der Waals surface area contributed by atoms with Crippen LogP contribution in [0, 0.1) is 5.41 Å². The molecule has 1 aliphatic rings. The minimum Gasteiger partial charge on any atom is -0.224 e. The predicted octanol–water partition coefficient (Wildman–Crippen LogP) is 3.04. The van der Waals surface area contributed by atoms with Crippen LogP contribution in [-0.2, 0) is 9.84 Å².